The minimum atomic E-state index is 0.671. The summed E-state index contributed by atoms with van der Waals surface area (Å²) in [6.07, 6.45) is 3.66. The Bertz CT molecular complexity index is 116. The molecule has 0 radical (unpaired) electrons. The van der Waals surface area contributed by atoms with Crippen LogP contribution in [0.25, 0.3) is 0 Å². The molecule has 1 N–H and O–H groups in total. The van der Waals surface area contributed by atoms with Crippen LogP contribution in [0.2, 0.25) is 0 Å². The number of oxime groups is 1. The molecule has 0 saturated carbocycles. The van der Waals surface area contributed by atoms with Gasteiger partial charge in [-0.15, -0.1) is 6.58 Å². The SMILES string of the molecule is C=CCC(=C)C=NO. The van der Waals surface area contributed by atoms with Gasteiger partial charge in [-0.25, -0.2) is 0 Å². The molecule has 2 nitrogen and oxygen atoms in total. The molecule has 0 aromatic heterocycles. The first-order chi connectivity index (χ1) is 3.81. The minimum absolute atomic E-state index is 0.671. The lowest BCUT2D eigenvalue weighted by atomic mass is 10.2. The van der Waals surface area contributed by atoms with E-state index in [2.05, 4.69) is 18.3 Å². The normalized spacial score (nSPS) is 9.50. The van der Waals surface area contributed by atoms with E-state index in [0.29, 0.717) is 6.42 Å². The molecular weight excluding hydrogens is 102 g/mol. The Balaban J connectivity index is 3.48. The Morgan fingerprint density at radius 3 is 2.75 bits per heavy atom. The molecule has 0 aromatic rings. The first-order valence-electron chi connectivity index (χ1n) is 2.27. The minimum Gasteiger partial charge on any atom is -0.411 e. The third-order valence-corrected chi connectivity index (χ3v) is 0.647. The fourth-order valence-corrected chi connectivity index (χ4v) is 0.320. The van der Waals surface area contributed by atoms with E-state index < -0.39 is 0 Å². The molecule has 2 heteroatoms. The molecule has 0 rings (SSSR count). The summed E-state index contributed by atoms with van der Waals surface area (Å²) in [6.45, 7) is 7.03. The lowest BCUT2D eigenvalue weighted by Crippen LogP contribution is -1.77. The van der Waals surface area contributed by atoms with Crippen molar-refractivity contribution in [3.63, 3.8) is 0 Å². The molecule has 8 heavy (non-hydrogen) atoms. The molecule has 0 spiro atoms. The summed E-state index contributed by atoms with van der Waals surface area (Å²) in [7, 11) is 0. The van der Waals surface area contributed by atoms with E-state index in [1.807, 2.05) is 0 Å². The number of nitrogens with zero attached hydrogens (tertiary/aromatic N) is 1. The van der Waals surface area contributed by atoms with Crippen molar-refractivity contribution >= 4 is 6.21 Å². The van der Waals surface area contributed by atoms with Crippen LogP contribution in [-0.4, -0.2) is 11.4 Å². The average molecular weight is 111 g/mol. The second-order valence-corrected chi connectivity index (χ2v) is 1.40. The molecule has 0 saturated heterocycles. The molecule has 44 valence electrons. The lowest BCUT2D eigenvalue weighted by Gasteiger charge is -1.85. The zero-order valence-corrected chi connectivity index (χ0v) is 4.67. The molecule has 0 unspecified atom stereocenters. The van der Waals surface area contributed by atoms with E-state index in [0.717, 1.165) is 5.57 Å². The summed E-state index contributed by atoms with van der Waals surface area (Å²) in [6, 6.07) is 0. The van der Waals surface area contributed by atoms with Gasteiger partial charge in [0.25, 0.3) is 0 Å². The van der Waals surface area contributed by atoms with Gasteiger partial charge in [-0.2, -0.15) is 0 Å². The Labute approximate surface area is 48.8 Å². The van der Waals surface area contributed by atoms with Crippen molar-refractivity contribution in [2.45, 2.75) is 6.42 Å². The van der Waals surface area contributed by atoms with Crippen LogP contribution < -0.4 is 0 Å². The monoisotopic (exact) mass is 111 g/mol. The number of hydrogen-bond acceptors (Lipinski definition) is 2. The molecule has 0 fully saturated rings. The van der Waals surface area contributed by atoms with Crippen molar-refractivity contribution in [1.29, 1.82) is 0 Å². The molecule has 0 amide bonds. The summed E-state index contributed by atoms with van der Waals surface area (Å²) in [5.41, 5.74) is 0.752. The number of rotatable bonds is 3. The summed E-state index contributed by atoms with van der Waals surface area (Å²) < 4.78 is 0. The summed E-state index contributed by atoms with van der Waals surface area (Å²) in [5, 5.41) is 10.7. The molecular formula is C6H9NO. The number of allylic oxidation sites excluding steroid dienone is 2. The molecule has 0 atom stereocenters. The van der Waals surface area contributed by atoms with Crippen LogP contribution >= 0.6 is 0 Å². The van der Waals surface area contributed by atoms with Crippen LogP contribution in [0.1, 0.15) is 6.42 Å². The first kappa shape index (κ1) is 6.95. The second-order valence-electron chi connectivity index (χ2n) is 1.40. The first-order valence-corrected chi connectivity index (χ1v) is 2.27. The number of hydrogen-bond donors (Lipinski definition) is 1. The highest BCUT2D eigenvalue weighted by Gasteiger charge is 1.80. The smallest absolute Gasteiger partial charge is 0.0690 e. The maximum Gasteiger partial charge on any atom is 0.0690 e. The lowest BCUT2D eigenvalue weighted by molar-refractivity contribution is 0.321. The predicted octanol–water partition coefficient (Wildman–Crippen LogP) is 1.58. The molecule has 0 aliphatic heterocycles. The third-order valence-electron chi connectivity index (χ3n) is 0.647. The maximum absolute atomic E-state index is 7.94. The van der Waals surface area contributed by atoms with Crippen LogP contribution in [0.4, 0.5) is 0 Å². The fraction of sp³-hybridized carbons (Fsp3) is 0.167. The topological polar surface area (TPSA) is 32.6 Å². The van der Waals surface area contributed by atoms with Crippen molar-refractivity contribution in [3.05, 3.63) is 24.8 Å². The highest BCUT2D eigenvalue weighted by atomic mass is 16.4. The van der Waals surface area contributed by atoms with E-state index in [1.54, 1.807) is 6.08 Å². The zero-order valence-electron chi connectivity index (χ0n) is 4.67. The Kier molecular flexibility index (Phi) is 3.58. The van der Waals surface area contributed by atoms with Crippen LogP contribution in [0.15, 0.2) is 30.0 Å². The van der Waals surface area contributed by atoms with Gasteiger partial charge in [-0.1, -0.05) is 17.8 Å². The Morgan fingerprint density at radius 1 is 1.75 bits per heavy atom. The molecule has 0 heterocycles. The van der Waals surface area contributed by atoms with Gasteiger partial charge in [0, 0.05) is 0 Å². The van der Waals surface area contributed by atoms with Crippen molar-refractivity contribution in [2.75, 3.05) is 0 Å². The summed E-state index contributed by atoms with van der Waals surface area (Å²) in [5.74, 6) is 0. The van der Waals surface area contributed by atoms with Gasteiger partial charge in [0.15, 0.2) is 0 Å². The standard InChI is InChI=1S/C6H9NO/c1-3-4-6(2)5-7-8/h3,5,8H,1-2,4H2. The van der Waals surface area contributed by atoms with Crippen molar-refractivity contribution in [2.24, 2.45) is 5.16 Å². The van der Waals surface area contributed by atoms with Crippen LogP contribution in [0.3, 0.4) is 0 Å². The van der Waals surface area contributed by atoms with Crippen molar-refractivity contribution < 1.29 is 5.21 Å². The van der Waals surface area contributed by atoms with Gasteiger partial charge in [-0.05, 0) is 12.0 Å². The van der Waals surface area contributed by atoms with Gasteiger partial charge in [0.05, 0.1) is 6.21 Å². The van der Waals surface area contributed by atoms with Gasteiger partial charge < -0.3 is 5.21 Å². The van der Waals surface area contributed by atoms with E-state index in [4.69, 9.17) is 5.21 Å². The van der Waals surface area contributed by atoms with E-state index in [1.165, 1.54) is 6.21 Å². The van der Waals surface area contributed by atoms with Crippen LogP contribution in [-0.2, 0) is 0 Å². The Morgan fingerprint density at radius 2 is 2.38 bits per heavy atom. The molecule has 0 aromatic carbocycles. The van der Waals surface area contributed by atoms with Crippen molar-refractivity contribution in [3.8, 4) is 0 Å². The van der Waals surface area contributed by atoms with Crippen LogP contribution in [0, 0.1) is 0 Å². The zero-order chi connectivity index (χ0) is 6.41. The fourth-order valence-electron chi connectivity index (χ4n) is 0.320. The third kappa shape index (κ3) is 3.15. The van der Waals surface area contributed by atoms with Gasteiger partial charge in [0.2, 0.25) is 0 Å². The highest BCUT2D eigenvalue weighted by molar-refractivity contribution is 5.77. The summed E-state index contributed by atoms with van der Waals surface area (Å²) in [4.78, 5) is 0. The van der Waals surface area contributed by atoms with E-state index in [-0.39, 0.29) is 0 Å². The van der Waals surface area contributed by atoms with Gasteiger partial charge in [-0.3, -0.25) is 0 Å². The predicted molar refractivity (Wildman–Crippen MR) is 34.2 cm³/mol. The quantitative estimate of drug-likeness (QED) is 0.255. The molecule has 0 aliphatic carbocycles. The van der Waals surface area contributed by atoms with Crippen molar-refractivity contribution in [1.82, 2.24) is 0 Å². The molecule has 0 bridgehead atoms. The average Bonchev–Trinajstić information content (AvgIpc) is 1.68. The van der Waals surface area contributed by atoms with E-state index in [9.17, 15) is 0 Å². The van der Waals surface area contributed by atoms with E-state index >= 15 is 0 Å². The Hall–Kier alpha value is -1.05. The largest absolute Gasteiger partial charge is 0.411 e. The van der Waals surface area contributed by atoms with Crippen LogP contribution in [0.5, 0.6) is 0 Å². The maximum atomic E-state index is 7.94. The highest BCUT2D eigenvalue weighted by Crippen LogP contribution is 1.92. The molecule has 0 aliphatic rings. The van der Waals surface area contributed by atoms with Gasteiger partial charge >= 0.3 is 0 Å². The second kappa shape index (κ2) is 4.12. The van der Waals surface area contributed by atoms with Gasteiger partial charge in [0.1, 0.15) is 0 Å². The summed E-state index contributed by atoms with van der Waals surface area (Å²) >= 11 is 0.